The Bertz CT molecular complexity index is 475. The van der Waals surface area contributed by atoms with Gasteiger partial charge in [0.05, 0.1) is 11.5 Å². The summed E-state index contributed by atoms with van der Waals surface area (Å²) in [5, 5.41) is 11.9. The number of nitrogens with one attached hydrogen (secondary N) is 1. The van der Waals surface area contributed by atoms with E-state index in [0.717, 1.165) is 5.69 Å². The van der Waals surface area contributed by atoms with E-state index in [-0.39, 0.29) is 17.9 Å². The predicted octanol–water partition coefficient (Wildman–Crippen LogP) is 2.26. The van der Waals surface area contributed by atoms with Crippen LogP contribution in [0.25, 0.3) is 0 Å². The number of carbonyl (C=O) groups is 2. The molecule has 0 saturated heterocycles. The largest absolute Gasteiger partial charge is 0.481 e. The lowest BCUT2D eigenvalue weighted by atomic mass is 9.84. The average molecular weight is 278 g/mol. The van der Waals surface area contributed by atoms with Crippen LogP contribution in [-0.4, -0.2) is 28.5 Å². The van der Waals surface area contributed by atoms with Gasteiger partial charge in [-0.1, -0.05) is 20.8 Å². The molecule has 0 spiro atoms. The van der Waals surface area contributed by atoms with Crippen LogP contribution in [0.3, 0.4) is 0 Å². The van der Waals surface area contributed by atoms with Crippen molar-refractivity contribution >= 4 is 11.9 Å². The third kappa shape index (κ3) is 5.38. The number of carbonyl (C=O) groups excluding carboxylic acids is 1. The van der Waals surface area contributed by atoms with Crippen LogP contribution in [0.2, 0.25) is 0 Å². The molecule has 1 rings (SSSR count). The molecular weight excluding hydrogens is 256 g/mol. The molecule has 1 amide bonds. The zero-order valence-electron chi connectivity index (χ0n) is 12.4. The Hall–Kier alpha value is -1.91. The number of aromatic nitrogens is 1. The number of nitrogens with zero attached hydrogens (tertiary/aromatic N) is 1. The van der Waals surface area contributed by atoms with Crippen LogP contribution in [-0.2, 0) is 4.79 Å². The quantitative estimate of drug-likeness (QED) is 0.865. The molecule has 1 unspecified atom stereocenters. The van der Waals surface area contributed by atoms with Crippen LogP contribution in [0.4, 0.5) is 0 Å². The fourth-order valence-corrected chi connectivity index (χ4v) is 1.91. The number of carboxylic acid groups (broad SMARTS) is 1. The van der Waals surface area contributed by atoms with Crippen molar-refractivity contribution in [2.75, 3.05) is 6.54 Å². The first kappa shape index (κ1) is 16.1. The molecule has 0 radical (unpaired) electrons. The predicted molar refractivity (Wildman–Crippen MR) is 76.5 cm³/mol. The normalized spacial score (nSPS) is 12.8. The van der Waals surface area contributed by atoms with E-state index < -0.39 is 11.9 Å². The third-order valence-electron chi connectivity index (χ3n) is 2.89. The van der Waals surface area contributed by atoms with E-state index in [9.17, 15) is 14.7 Å². The first-order valence-corrected chi connectivity index (χ1v) is 6.63. The Kier molecular flexibility index (Phi) is 5.25. The second-order valence-corrected chi connectivity index (χ2v) is 6.20. The number of pyridine rings is 1. The van der Waals surface area contributed by atoms with Gasteiger partial charge in [-0.15, -0.1) is 0 Å². The van der Waals surface area contributed by atoms with Crippen LogP contribution in [0, 0.1) is 18.3 Å². The van der Waals surface area contributed by atoms with Crippen LogP contribution < -0.4 is 5.32 Å². The summed E-state index contributed by atoms with van der Waals surface area (Å²) in [6, 6.07) is 3.43. The summed E-state index contributed by atoms with van der Waals surface area (Å²) in [6.07, 6.45) is 2.00. The molecule has 1 atom stereocenters. The van der Waals surface area contributed by atoms with E-state index in [4.69, 9.17) is 0 Å². The SMILES string of the molecule is Cc1ccc(C(=O)NCC(CC(C)(C)C)C(=O)O)cn1. The van der Waals surface area contributed by atoms with Gasteiger partial charge in [-0.3, -0.25) is 14.6 Å². The van der Waals surface area contributed by atoms with E-state index in [0.29, 0.717) is 12.0 Å². The van der Waals surface area contributed by atoms with Crippen LogP contribution >= 0.6 is 0 Å². The summed E-state index contributed by atoms with van der Waals surface area (Å²) in [4.78, 5) is 27.2. The van der Waals surface area contributed by atoms with Gasteiger partial charge in [-0.25, -0.2) is 0 Å². The summed E-state index contributed by atoms with van der Waals surface area (Å²) in [5.74, 6) is -1.77. The molecule has 20 heavy (non-hydrogen) atoms. The van der Waals surface area contributed by atoms with Gasteiger partial charge in [-0.2, -0.15) is 0 Å². The van der Waals surface area contributed by atoms with Gasteiger partial charge in [-0.05, 0) is 30.9 Å². The lowest BCUT2D eigenvalue weighted by molar-refractivity contribution is -0.142. The van der Waals surface area contributed by atoms with E-state index in [2.05, 4.69) is 10.3 Å². The molecule has 0 bridgehead atoms. The van der Waals surface area contributed by atoms with Gasteiger partial charge in [0.2, 0.25) is 0 Å². The smallest absolute Gasteiger partial charge is 0.308 e. The number of aliphatic carboxylic acids is 1. The number of hydrogen-bond donors (Lipinski definition) is 2. The molecule has 1 heterocycles. The van der Waals surface area contributed by atoms with Crippen molar-refractivity contribution in [3.05, 3.63) is 29.6 Å². The molecule has 5 heteroatoms. The topological polar surface area (TPSA) is 79.3 Å². The van der Waals surface area contributed by atoms with Crippen molar-refractivity contribution in [2.24, 2.45) is 11.3 Å². The number of aryl methyl sites for hydroxylation is 1. The number of rotatable bonds is 5. The minimum absolute atomic E-state index is 0.0980. The van der Waals surface area contributed by atoms with Crippen molar-refractivity contribution in [1.29, 1.82) is 0 Å². The summed E-state index contributed by atoms with van der Waals surface area (Å²) < 4.78 is 0. The molecule has 0 aliphatic heterocycles. The van der Waals surface area contributed by atoms with Gasteiger partial charge in [0, 0.05) is 18.4 Å². The molecule has 1 aromatic heterocycles. The average Bonchev–Trinajstić information content (AvgIpc) is 2.33. The maximum atomic E-state index is 11.9. The Balaban J connectivity index is 2.61. The molecule has 0 saturated carbocycles. The molecule has 0 aliphatic carbocycles. The molecule has 0 aliphatic rings. The van der Waals surface area contributed by atoms with Gasteiger partial charge < -0.3 is 10.4 Å². The summed E-state index contributed by atoms with van der Waals surface area (Å²) in [5.41, 5.74) is 1.17. The van der Waals surface area contributed by atoms with Crippen LogP contribution in [0.1, 0.15) is 43.2 Å². The second kappa shape index (κ2) is 6.50. The summed E-state index contributed by atoms with van der Waals surface area (Å²) in [7, 11) is 0. The Morgan fingerprint density at radius 3 is 2.45 bits per heavy atom. The molecule has 2 N–H and O–H groups in total. The number of amides is 1. The Morgan fingerprint density at radius 2 is 2.00 bits per heavy atom. The van der Waals surface area contributed by atoms with Crippen molar-refractivity contribution in [3.63, 3.8) is 0 Å². The van der Waals surface area contributed by atoms with E-state index >= 15 is 0 Å². The second-order valence-electron chi connectivity index (χ2n) is 6.20. The highest BCUT2D eigenvalue weighted by Crippen LogP contribution is 2.24. The summed E-state index contributed by atoms with van der Waals surface area (Å²) in [6.45, 7) is 7.91. The number of hydrogen-bond acceptors (Lipinski definition) is 3. The summed E-state index contributed by atoms with van der Waals surface area (Å²) >= 11 is 0. The standard InChI is InChI=1S/C15H22N2O3/c1-10-5-6-11(8-16-10)13(18)17-9-12(14(19)20)7-15(2,3)4/h5-6,8,12H,7,9H2,1-4H3,(H,17,18)(H,19,20). The van der Waals surface area contributed by atoms with Crippen molar-refractivity contribution in [1.82, 2.24) is 10.3 Å². The monoisotopic (exact) mass is 278 g/mol. The Labute approximate surface area is 119 Å². The zero-order chi connectivity index (χ0) is 15.3. The first-order chi connectivity index (χ1) is 9.19. The van der Waals surface area contributed by atoms with E-state index in [1.54, 1.807) is 12.1 Å². The lowest BCUT2D eigenvalue weighted by Gasteiger charge is -2.23. The molecule has 0 aromatic carbocycles. The molecular formula is C15H22N2O3. The maximum Gasteiger partial charge on any atom is 0.308 e. The van der Waals surface area contributed by atoms with Crippen molar-refractivity contribution in [3.8, 4) is 0 Å². The van der Waals surface area contributed by atoms with Crippen molar-refractivity contribution < 1.29 is 14.7 Å². The van der Waals surface area contributed by atoms with Crippen molar-refractivity contribution in [2.45, 2.75) is 34.1 Å². The van der Waals surface area contributed by atoms with Crippen LogP contribution in [0.15, 0.2) is 18.3 Å². The van der Waals surface area contributed by atoms with E-state index in [1.807, 2.05) is 27.7 Å². The highest BCUT2D eigenvalue weighted by molar-refractivity contribution is 5.94. The first-order valence-electron chi connectivity index (χ1n) is 6.63. The Morgan fingerprint density at radius 1 is 1.35 bits per heavy atom. The van der Waals surface area contributed by atoms with Gasteiger partial charge in [0.1, 0.15) is 0 Å². The fourth-order valence-electron chi connectivity index (χ4n) is 1.91. The zero-order valence-corrected chi connectivity index (χ0v) is 12.4. The minimum Gasteiger partial charge on any atom is -0.481 e. The highest BCUT2D eigenvalue weighted by Gasteiger charge is 2.25. The van der Waals surface area contributed by atoms with Crippen LogP contribution in [0.5, 0.6) is 0 Å². The highest BCUT2D eigenvalue weighted by atomic mass is 16.4. The fraction of sp³-hybridized carbons (Fsp3) is 0.533. The number of carboxylic acids is 1. The maximum absolute atomic E-state index is 11.9. The van der Waals surface area contributed by atoms with Gasteiger partial charge in [0.15, 0.2) is 0 Å². The van der Waals surface area contributed by atoms with Gasteiger partial charge in [0.25, 0.3) is 5.91 Å². The van der Waals surface area contributed by atoms with E-state index in [1.165, 1.54) is 6.20 Å². The molecule has 5 nitrogen and oxygen atoms in total. The molecule has 0 fully saturated rings. The van der Waals surface area contributed by atoms with Gasteiger partial charge >= 0.3 is 5.97 Å². The molecule has 110 valence electrons. The molecule has 1 aromatic rings. The minimum atomic E-state index is -0.887. The lowest BCUT2D eigenvalue weighted by Crippen LogP contribution is -2.35. The third-order valence-corrected chi connectivity index (χ3v) is 2.89.